The van der Waals surface area contributed by atoms with E-state index in [9.17, 15) is 0 Å². The molecule has 0 unspecified atom stereocenters. The summed E-state index contributed by atoms with van der Waals surface area (Å²) in [6, 6.07) is 7.29. The molecule has 0 amide bonds. The van der Waals surface area contributed by atoms with Crippen molar-refractivity contribution in [2.24, 2.45) is 0 Å². The molecule has 0 aliphatic rings. The highest BCUT2D eigenvalue weighted by Gasteiger charge is 1.99. The van der Waals surface area contributed by atoms with Crippen LogP contribution in [0.5, 0.6) is 5.75 Å². The number of rotatable bonds is 4. The molecule has 3 N–H and O–H groups in total. The van der Waals surface area contributed by atoms with Crippen LogP contribution >= 0.6 is 0 Å². The van der Waals surface area contributed by atoms with Gasteiger partial charge in [-0.15, -0.1) is 10.2 Å². The van der Waals surface area contributed by atoms with Crippen LogP contribution in [-0.2, 0) is 6.42 Å². The molecule has 6 nitrogen and oxygen atoms in total. The van der Waals surface area contributed by atoms with Crippen LogP contribution < -0.4 is 10.5 Å². The Balaban J connectivity index is 1.83. The van der Waals surface area contributed by atoms with Crippen molar-refractivity contribution in [1.82, 2.24) is 20.6 Å². The number of aromatic nitrogens is 4. The highest BCUT2D eigenvalue weighted by atomic mass is 16.5. The van der Waals surface area contributed by atoms with Gasteiger partial charge in [0.15, 0.2) is 5.82 Å². The first kappa shape index (κ1) is 9.45. The van der Waals surface area contributed by atoms with Crippen molar-refractivity contribution in [3.63, 3.8) is 0 Å². The third-order valence-corrected chi connectivity index (χ3v) is 1.84. The zero-order chi connectivity index (χ0) is 10.5. The molecule has 6 heteroatoms. The Morgan fingerprint density at radius 1 is 1.40 bits per heavy atom. The number of nitrogens with two attached hydrogens (primary N) is 1. The summed E-state index contributed by atoms with van der Waals surface area (Å²) in [5.74, 6) is 1.39. The van der Waals surface area contributed by atoms with Crippen molar-refractivity contribution in [2.75, 3.05) is 12.3 Å². The van der Waals surface area contributed by atoms with Gasteiger partial charge < -0.3 is 10.5 Å². The molecule has 0 radical (unpaired) electrons. The van der Waals surface area contributed by atoms with Crippen molar-refractivity contribution < 1.29 is 4.74 Å². The maximum absolute atomic E-state index is 5.61. The van der Waals surface area contributed by atoms with Gasteiger partial charge in [-0.2, -0.15) is 5.21 Å². The molecule has 0 fully saturated rings. The number of H-pyrrole nitrogens is 1. The number of anilines is 1. The Morgan fingerprint density at radius 2 is 2.33 bits per heavy atom. The summed E-state index contributed by atoms with van der Waals surface area (Å²) in [5.41, 5.74) is 6.29. The lowest BCUT2D eigenvalue weighted by Gasteiger charge is -2.04. The molecule has 0 saturated carbocycles. The van der Waals surface area contributed by atoms with Crippen LogP contribution in [0.2, 0.25) is 0 Å². The first-order chi connectivity index (χ1) is 7.34. The molecule has 0 atom stereocenters. The number of tetrazole rings is 1. The van der Waals surface area contributed by atoms with E-state index in [2.05, 4.69) is 20.6 Å². The minimum Gasteiger partial charge on any atom is -0.493 e. The van der Waals surface area contributed by atoms with E-state index in [1.54, 1.807) is 6.07 Å². The van der Waals surface area contributed by atoms with Crippen molar-refractivity contribution in [2.45, 2.75) is 6.42 Å². The SMILES string of the molecule is Nc1cccc(OCCc2nn[nH]n2)c1. The third kappa shape index (κ3) is 2.67. The second kappa shape index (κ2) is 4.41. The molecule has 2 rings (SSSR count). The van der Waals surface area contributed by atoms with Crippen LogP contribution in [0.4, 0.5) is 5.69 Å². The topological polar surface area (TPSA) is 89.7 Å². The number of ether oxygens (including phenoxy) is 1. The lowest BCUT2D eigenvalue weighted by Crippen LogP contribution is -2.03. The zero-order valence-corrected chi connectivity index (χ0v) is 8.05. The predicted molar refractivity (Wildman–Crippen MR) is 54.2 cm³/mol. The van der Waals surface area contributed by atoms with Crippen LogP contribution in [0.15, 0.2) is 24.3 Å². The second-order valence-electron chi connectivity index (χ2n) is 3.00. The maximum Gasteiger partial charge on any atom is 0.177 e. The molecule has 0 aliphatic heterocycles. The highest BCUT2D eigenvalue weighted by molar-refractivity contribution is 5.43. The van der Waals surface area contributed by atoms with E-state index < -0.39 is 0 Å². The molecule has 0 spiro atoms. The number of hydrogen-bond donors (Lipinski definition) is 2. The van der Waals surface area contributed by atoms with Crippen LogP contribution in [0, 0.1) is 0 Å². The number of nitrogen functional groups attached to an aromatic ring is 1. The van der Waals surface area contributed by atoms with Gasteiger partial charge in [-0.1, -0.05) is 11.3 Å². The van der Waals surface area contributed by atoms with Crippen molar-refractivity contribution >= 4 is 5.69 Å². The molecule has 78 valence electrons. The lowest BCUT2D eigenvalue weighted by molar-refractivity contribution is 0.319. The van der Waals surface area contributed by atoms with Crippen molar-refractivity contribution in [3.8, 4) is 5.75 Å². The van der Waals surface area contributed by atoms with E-state index in [0.717, 1.165) is 5.75 Å². The maximum atomic E-state index is 5.61. The Morgan fingerprint density at radius 3 is 3.07 bits per heavy atom. The molecule has 2 aromatic rings. The summed E-state index contributed by atoms with van der Waals surface area (Å²) < 4.78 is 5.46. The lowest BCUT2D eigenvalue weighted by atomic mass is 10.3. The number of benzene rings is 1. The van der Waals surface area contributed by atoms with Gasteiger partial charge in [0.25, 0.3) is 0 Å². The normalized spacial score (nSPS) is 10.1. The summed E-state index contributed by atoms with van der Waals surface area (Å²) in [6.07, 6.45) is 0.616. The van der Waals surface area contributed by atoms with E-state index in [4.69, 9.17) is 10.5 Å². The van der Waals surface area contributed by atoms with E-state index in [1.165, 1.54) is 0 Å². The van der Waals surface area contributed by atoms with E-state index >= 15 is 0 Å². The third-order valence-electron chi connectivity index (χ3n) is 1.84. The number of hydrogen-bond acceptors (Lipinski definition) is 5. The van der Waals surface area contributed by atoms with Gasteiger partial charge >= 0.3 is 0 Å². The minimum atomic E-state index is 0.503. The summed E-state index contributed by atoms with van der Waals surface area (Å²) in [6.45, 7) is 0.503. The Labute approximate surface area is 86.4 Å². The zero-order valence-electron chi connectivity index (χ0n) is 8.05. The first-order valence-electron chi connectivity index (χ1n) is 4.55. The number of nitrogens with one attached hydrogen (secondary N) is 1. The summed E-state index contributed by atoms with van der Waals surface area (Å²) >= 11 is 0. The molecule has 0 saturated heterocycles. The molecule has 1 aromatic carbocycles. The van der Waals surface area contributed by atoms with Crippen LogP contribution in [0.1, 0.15) is 5.82 Å². The van der Waals surface area contributed by atoms with Gasteiger partial charge in [-0.3, -0.25) is 0 Å². The van der Waals surface area contributed by atoms with E-state index in [-0.39, 0.29) is 0 Å². The van der Waals surface area contributed by atoms with Crippen molar-refractivity contribution in [1.29, 1.82) is 0 Å². The molecule has 0 aliphatic carbocycles. The molecular weight excluding hydrogens is 194 g/mol. The van der Waals surface area contributed by atoms with Gasteiger partial charge in [0.05, 0.1) is 6.61 Å². The van der Waals surface area contributed by atoms with Gasteiger partial charge in [0.2, 0.25) is 0 Å². The average Bonchev–Trinajstić information content (AvgIpc) is 2.71. The van der Waals surface area contributed by atoms with Gasteiger partial charge in [0, 0.05) is 18.2 Å². The number of nitrogens with zero attached hydrogens (tertiary/aromatic N) is 3. The Kier molecular flexibility index (Phi) is 2.77. The summed E-state index contributed by atoms with van der Waals surface area (Å²) in [5, 5.41) is 13.5. The van der Waals surface area contributed by atoms with E-state index in [0.29, 0.717) is 24.5 Å². The van der Waals surface area contributed by atoms with Gasteiger partial charge in [0.1, 0.15) is 5.75 Å². The smallest absolute Gasteiger partial charge is 0.177 e. The van der Waals surface area contributed by atoms with Gasteiger partial charge in [-0.05, 0) is 12.1 Å². The summed E-state index contributed by atoms with van der Waals surface area (Å²) in [7, 11) is 0. The fourth-order valence-corrected chi connectivity index (χ4v) is 1.15. The van der Waals surface area contributed by atoms with Gasteiger partial charge in [-0.25, -0.2) is 0 Å². The molecule has 1 aromatic heterocycles. The molecule has 1 heterocycles. The molecular formula is C9H11N5O. The number of aromatic amines is 1. The van der Waals surface area contributed by atoms with Crippen molar-refractivity contribution in [3.05, 3.63) is 30.1 Å². The molecule has 15 heavy (non-hydrogen) atoms. The van der Waals surface area contributed by atoms with Crippen LogP contribution in [-0.4, -0.2) is 27.2 Å². The predicted octanol–water partition coefficient (Wildman–Crippen LogP) is 0.403. The fourth-order valence-electron chi connectivity index (χ4n) is 1.15. The fraction of sp³-hybridized carbons (Fsp3) is 0.222. The second-order valence-corrected chi connectivity index (χ2v) is 3.00. The average molecular weight is 205 g/mol. The highest BCUT2D eigenvalue weighted by Crippen LogP contribution is 2.14. The Bertz CT molecular complexity index is 414. The minimum absolute atomic E-state index is 0.503. The van der Waals surface area contributed by atoms with Crippen LogP contribution in [0.25, 0.3) is 0 Å². The Hall–Kier alpha value is -2.11. The molecule has 0 bridgehead atoms. The standard InChI is InChI=1S/C9H11N5O/c10-7-2-1-3-8(6-7)15-5-4-9-11-13-14-12-9/h1-3,6H,4-5,10H2,(H,11,12,13,14). The summed E-state index contributed by atoms with van der Waals surface area (Å²) in [4.78, 5) is 0. The van der Waals surface area contributed by atoms with E-state index in [1.807, 2.05) is 18.2 Å². The monoisotopic (exact) mass is 205 g/mol. The first-order valence-corrected chi connectivity index (χ1v) is 4.55. The quantitative estimate of drug-likeness (QED) is 0.705. The largest absolute Gasteiger partial charge is 0.493 e. The van der Waals surface area contributed by atoms with Crippen LogP contribution in [0.3, 0.4) is 0 Å².